The van der Waals surface area contributed by atoms with Crippen LogP contribution in [0.4, 0.5) is 0 Å². The summed E-state index contributed by atoms with van der Waals surface area (Å²) in [4.78, 5) is 0. The van der Waals surface area contributed by atoms with Gasteiger partial charge < -0.3 is 5.73 Å². The van der Waals surface area contributed by atoms with Gasteiger partial charge in [-0.3, -0.25) is 4.18 Å². The van der Waals surface area contributed by atoms with Crippen LogP contribution in [0.1, 0.15) is 71.1 Å². The Balaban J connectivity index is 3.49. The molecule has 0 saturated heterocycles. The Morgan fingerprint density at radius 2 is 1.22 bits per heavy atom. The van der Waals surface area contributed by atoms with E-state index in [4.69, 9.17) is 9.92 Å². The predicted octanol–water partition coefficient (Wildman–Crippen LogP) is 5.44. The number of hydrogen-bond acceptors (Lipinski definition) is 4. The lowest BCUT2D eigenvalue weighted by atomic mass is 10.2. The fourth-order valence-corrected chi connectivity index (χ4v) is 3.09. The van der Waals surface area contributed by atoms with Crippen molar-refractivity contribution in [2.75, 3.05) is 18.9 Å². The number of hydrogen-bond donors (Lipinski definition) is 1. The normalized spacial score (nSPS) is 13.1. The third-order valence-electron chi connectivity index (χ3n) is 3.85. The van der Waals surface area contributed by atoms with E-state index < -0.39 is 10.1 Å². The van der Waals surface area contributed by atoms with Crippen LogP contribution < -0.4 is 5.73 Å². The summed E-state index contributed by atoms with van der Waals surface area (Å²) in [5, 5.41) is 0. The van der Waals surface area contributed by atoms with Gasteiger partial charge in [0.05, 0.1) is 12.4 Å². The van der Waals surface area contributed by atoms with Crippen LogP contribution in [-0.4, -0.2) is 27.3 Å². The Morgan fingerprint density at radius 1 is 0.741 bits per heavy atom. The van der Waals surface area contributed by atoms with E-state index >= 15 is 0 Å². The van der Waals surface area contributed by atoms with E-state index in [-0.39, 0.29) is 18.9 Å². The average Bonchev–Trinajstić information content (AvgIpc) is 2.63. The first-order chi connectivity index (χ1) is 13.1. The number of nitrogens with two attached hydrogens (primary N) is 1. The van der Waals surface area contributed by atoms with E-state index in [1.807, 2.05) is 0 Å². The van der Waals surface area contributed by atoms with Crippen LogP contribution in [0.25, 0.3) is 0 Å². The summed E-state index contributed by atoms with van der Waals surface area (Å²) in [6.07, 6.45) is 28.2. The van der Waals surface area contributed by atoms with Gasteiger partial charge in [-0.05, 0) is 51.4 Å². The van der Waals surface area contributed by atoms with Gasteiger partial charge in [0.25, 0.3) is 10.1 Å². The fraction of sp³-hybridized carbons (Fsp3) is 0.636. The minimum Gasteiger partial charge on any atom is -0.329 e. The highest BCUT2D eigenvalue weighted by atomic mass is 32.2. The molecule has 0 fully saturated rings. The second-order valence-electron chi connectivity index (χ2n) is 6.46. The average molecular weight is 398 g/mol. The van der Waals surface area contributed by atoms with E-state index in [0.29, 0.717) is 0 Å². The molecule has 0 radical (unpaired) electrons. The summed E-state index contributed by atoms with van der Waals surface area (Å²) in [5.41, 5.74) is 5.21. The summed E-state index contributed by atoms with van der Waals surface area (Å²) < 4.78 is 27.4. The first kappa shape index (κ1) is 25.8. The largest absolute Gasteiger partial charge is 0.329 e. The molecule has 0 atom stereocenters. The molecule has 0 aliphatic heterocycles. The summed E-state index contributed by atoms with van der Waals surface area (Å²) in [7, 11) is -3.42. The molecule has 0 heterocycles. The van der Waals surface area contributed by atoms with Gasteiger partial charge in [-0.1, -0.05) is 68.4 Å². The quantitative estimate of drug-likeness (QED) is 0.190. The molecule has 0 bridgehead atoms. The lowest BCUT2D eigenvalue weighted by molar-refractivity contribution is 0.309. The molecule has 5 heteroatoms. The topological polar surface area (TPSA) is 69.4 Å². The van der Waals surface area contributed by atoms with Crippen molar-refractivity contribution in [2.24, 2.45) is 5.73 Å². The Morgan fingerprint density at radius 3 is 1.70 bits per heavy atom. The van der Waals surface area contributed by atoms with Crippen molar-refractivity contribution in [1.29, 1.82) is 0 Å². The second-order valence-corrected chi connectivity index (χ2v) is 8.22. The standard InChI is InChI=1S/C22H39NO3S/c1-2-3-4-5-6-7-8-9-10-11-12-13-14-15-16-17-18-19-21-26-27(24,25)22-20-23/h6-7,9-10,12-13,15-16H,2-5,8,11,14,17-23H2,1H3/b7-6-,10-9-,13-12-,16-15-. The first-order valence-electron chi connectivity index (χ1n) is 10.3. The molecule has 0 rings (SSSR count). The Hall–Kier alpha value is -1.17. The van der Waals surface area contributed by atoms with Crippen LogP contribution in [-0.2, 0) is 14.3 Å². The van der Waals surface area contributed by atoms with Gasteiger partial charge in [0, 0.05) is 6.54 Å². The smallest absolute Gasteiger partial charge is 0.268 e. The Labute approximate surface area is 167 Å². The molecule has 0 aliphatic carbocycles. The lowest BCUT2D eigenvalue weighted by Crippen LogP contribution is -2.18. The van der Waals surface area contributed by atoms with Gasteiger partial charge in [-0.25, -0.2) is 0 Å². The highest BCUT2D eigenvalue weighted by Crippen LogP contribution is 2.02. The molecule has 0 aliphatic rings. The molecule has 0 aromatic rings. The van der Waals surface area contributed by atoms with Gasteiger partial charge >= 0.3 is 0 Å². The first-order valence-corrected chi connectivity index (χ1v) is 11.9. The minimum atomic E-state index is -3.42. The summed E-state index contributed by atoms with van der Waals surface area (Å²) >= 11 is 0. The van der Waals surface area contributed by atoms with Crippen molar-refractivity contribution in [3.8, 4) is 0 Å². The van der Waals surface area contributed by atoms with Crippen LogP contribution in [0.5, 0.6) is 0 Å². The number of rotatable bonds is 18. The van der Waals surface area contributed by atoms with Crippen molar-refractivity contribution >= 4 is 10.1 Å². The van der Waals surface area contributed by atoms with E-state index in [1.54, 1.807) is 0 Å². The molecule has 0 aromatic carbocycles. The third-order valence-corrected chi connectivity index (χ3v) is 5.11. The van der Waals surface area contributed by atoms with Crippen molar-refractivity contribution < 1.29 is 12.6 Å². The molecule has 0 unspecified atom stereocenters. The fourth-order valence-electron chi connectivity index (χ4n) is 2.31. The van der Waals surface area contributed by atoms with E-state index in [2.05, 4.69) is 55.5 Å². The maximum Gasteiger partial charge on any atom is 0.268 e. The Bertz CT molecular complexity index is 534. The van der Waals surface area contributed by atoms with Crippen LogP contribution in [0, 0.1) is 0 Å². The summed E-state index contributed by atoms with van der Waals surface area (Å²) in [6, 6.07) is 0. The van der Waals surface area contributed by atoms with Crippen LogP contribution in [0.15, 0.2) is 48.6 Å². The van der Waals surface area contributed by atoms with Gasteiger partial charge in [-0.2, -0.15) is 8.42 Å². The zero-order valence-electron chi connectivity index (χ0n) is 17.0. The Kier molecular flexibility index (Phi) is 18.7. The molecule has 0 amide bonds. The summed E-state index contributed by atoms with van der Waals surface area (Å²) in [6.45, 7) is 2.58. The van der Waals surface area contributed by atoms with Crippen molar-refractivity contribution in [3.05, 3.63) is 48.6 Å². The molecular formula is C22H39NO3S. The summed E-state index contributed by atoms with van der Waals surface area (Å²) in [5.74, 6) is -0.107. The minimum absolute atomic E-state index is 0.102. The molecule has 4 nitrogen and oxygen atoms in total. The molecule has 0 spiro atoms. The zero-order chi connectivity index (χ0) is 20.1. The van der Waals surface area contributed by atoms with Gasteiger partial charge in [0.2, 0.25) is 0 Å². The highest BCUT2D eigenvalue weighted by molar-refractivity contribution is 7.86. The van der Waals surface area contributed by atoms with Gasteiger partial charge in [-0.15, -0.1) is 0 Å². The van der Waals surface area contributed by atoms with Crippen LogP contribution >= 0.6 is 0 Å². The van der Waals surface area contributed by atoms with Gasteiger partial charge in [0.1, 0.15) is 0 Å². The highest BCUT2D eigenvalue weighted by Gasteiger charge is 2.08. The maximum atomic E-state index is 11.3. The molecule has 0 aromatic heterocycles. The zero-order valence-corrected chi connectivity index (χ0v) is 17.8. The van der Waals surface area contributed by atoms with Crippen LogP contribution in [0.2, 0.25) is 0 Å². The second kappa shape index (κ2) is 19.6. The van der Waals surface area contributed by atoms with E-state index in [1.165, 1.54) is 25.7 Å². The molecular weight excluding hydrogens is 358 g/mol. The molecule has 156 valence electrons. The monoisotopic (exact) mass is 397 g/mol. The molecule has 2 N–H and O–H groups in total. The van der Waals surface area contributed by atoms with E-state index in [0.717, 1.165) is 38.5 Å². The van der Waals surface area contributed by atoms with Crippen LogP contribution in [0.3, 0.4) is 0 Å². The van der Waals surface area contributed by atoms with Crippen molar-refractivity contribution in [2.45, 2.75) is 71.1 Å². The molecule has 27 heavy (non-hydrogen) atoms. The SMILES string of the molecule is CCCCC/C=C\C/C=C\C/C=C\C/C=C\CCCCOS(=O)(=O)CCN. The van der Waals surface area contributed by atoms with Gasteiger partial charge in [0.15, 0.2) is 0 Å². The van der Waals surface area contributed by atoms with E-state index in [9.17, 15) is 8.42 Å². The van der Waals surface area contributed by atoms with Crippen molar-refractivity contribution in [3.63, 3.8) is 0 Å². The van der Waals surface area contributed by atoms with Crippen molar-refractivity contribution in [1.82, 2.24) is 0 Å². The predicted molar refractivity (Wildman–Crippen MR) is 117 cm³/mol. The number of allylic oxidation sites excluding steroid dienone is 8. The third kappa shape index (κ3) is 21.0. The number of unbranched alkanes of at least 4 members (excludes halogenated alkanes) is 5. The maximum absolute atomic E-state index is 11.3. The lowest BCUT2D eigenvalue weighted by Gasteiger charge is -2.03. The molecule has 0 saturated carbocycles.